The molecule has 0 spiro atoms. The van der Waals surface area contributed by atoms with Crippen LogP contribution in [0.2, 0.25) is 0 Å². The Balaban J connectivity index is 1.77. The number of nitrogens with zero attached hydrogens (tertiary/aromatic N) is 1. The van der Waals surface area contributed by atoms with Gasteiger partial charge in [-0.2, -0.15) is 5.26 Å². The third-order valence-electron chi connectivity index (χ3n) is 3.32. The van der Waals surface area contributed by atoms with Gasteiger partial charge in [0.05, 0.1) is 11.2 Å². The average molecular weight is 250 g/mol. The molecule has 1 aromatic rings. The largest absolute Gasteiger partial charge is 0.389 e. The molecule has 1 saturated carbocycles. The standard InChI is InChI=1S/C13H18N2OS/c14-7-11-6-12(17-9-11)8-15-10-13(16)4-2-1-3-5-13/h6,9,15-16H,1-5,8,10H2. The van der Waals surface area contributed by atoms with Crippen molar-refractivity contribution in [3.8, 4) is 6.07 Å². The molecule has 92 valence electrons. The van der Waals surface area contributed by atoms with E-state index in [1.165, 1.54) is 6.42 Å². The van der Waals surface area contributed by atoms with Gasteiger partial charge in [0.25, 0.3) is 0 Å². The lowest BCUT2D eigenvalue weighted by Gasteiger charge is -2.32. The van der Waals surface area contributed by atoms with E-state index in [9.17, 15) is 5.11 Å². The molecule has 0 bridgehead atoms. The highest BCUT2D eigenvalue weighted by atomic mass is 32.1. The minimum absolute atomic E-state index is 0.506. The lowest BCUT2D eigenvalue weighted by atomic mass is 9.85. The van der Waals surface area contributed by atoms with Crippen LogP contribution in [0.15, 0.2) is 11.4 Å². The van der Waals surface area contributed by atoms with Crippen molar-refractivity contribution in [2.45, 2.75) is 44.2 Å². The molecule has 1 aromatic heterocycles. The van der Waals surface area contributed by atoms with E-state index in [0.29, 0.717) is 6.54 Å². The first-order valence-corrected chi connectivity index (χ1v) is 7.00. The van der Waals surface area contributed by atoms with Crippen molar-refractivity contribution in [1.29, 1.82) is 5.26 Å². The van der Waals surface area contributed by atoms with Gasteiger partial charge in [-0.3, -0.25) is 0 Å². The number of hydrogen-bond acceptors (Lipinski definition) is 4. The first kappa shape index (κ1) is 12.6. The summed E-state index contributed by atoms with van der Waals surface area (Å²) in [5.41, 5.74) is 0.219. The molecule has 0 saturated heterocycles. The van der Waals surface area contributed by atoms with E-state index in [1.807, 2.05) is 11.4 Å². The van der Waals surface area contributed by atoms with E-state index >= 15 is 0 Å². The summed E-state index contributed by atoms with van der Waals surface area (Å²) in [6.45, 7) is 1.40. The maximum absolute atomic E-state index is 10.3. The van der Waals surface area contributed by atoms with Gasteiger partial charge < -0.3 is 10.4 Å². The van der Waals surface area contributed by atoms with Gasteiger partial charge in [-0.15, -0.1) is 11.3 Å². The van der Waals surface area contributed by atoms with Crippen LogP contribution in [0, 0.1) is 11.3 Å². The normalized spacial score (nSPS) is 18.8. The fourth-order valence-electron chi connectivity index (χ4n) is 2.34. The summed E-state index contributed by atoms with van der Waals surface area (Å²) in [4.78, 5) is 1.15. The summed E-state index contributed by atoms with van der Waals surface area (Å²) >= 11 is 1.59. The molecule has 0 aliphatic heterocycles. The van der Waals surface area contributed by atoms with Crippen molar-refractivity contribution in [1.82, 2.24) is 5.32 Å². The predicted octanol–water partition coefficient (Wildman–Crippen LogP) is 2.40. The summed E-state index contributed by atoms with van der Waals surface area (Å²) < 4.78 is 0. The number of nitrogens with one attached hydrogen (secondary N) is 1. The molecule has 0 radical (unpaired) electrons. The van der Waals surface area contributed by atoms with Crippen LogP contribution >= 0.6 is 11.3 Å². The minimum Gasteiger partial charge on any atom is -0.389 e. The number of hydrogen-bond donors (Lipinski definition) is 2. The molecule has 1 aliphatic carbocycles. The highest BCUT2D eigenvalue weighted by molar-refractivity contribution is 7.10. The summed E-state index contributed by atoms with van der Waals surface area (Å²) in [6.07, 6.45) is 5.34. The van der Waals surface area contributed by atoms with Crippen molar-refractivity contribution < 1.29 is 5.11 Å². The minimum atomic E-state index is -0.506. The van der Waals surface area contributed by atoms with Crippen LogP contribution in [0.25, 0.3) is 0 Å². The molecule has 1 fully saturated rings. The van der Waals surface area contributed by atoms with E-state index in [2.05, 4.69) is 11.4 Å². The van der Waals surface area contributed by atoms with E-state index in [4.69, 9.17) is 5.26 Å². The van der Waals surface area contributed by atoms with Crippen LogP contribution in [0.1, 0.15) is 42.5 Å². The van der Waals surface area contributed by atoms with Crippen LogP contribution in [0.4, 0.5) is 0 Å². The summed E-state index contributed by atoms with van der Waals surface area (Å²) in [5.74, 6) is 0. The first-order valence-electron chi connectivity index (χ1n) is 6.12. The Morgan fingerprint density at radius 1 is 1.41 bits per heavy atom. The Labute approximate surface area is 106 Å². The highest BCUT2D eigenvalue weighted by Gasteiger charge is 2.28. The highest BCUT2D eigenvalue weighted by Crippen LogP contribution is 2.27. The molecule has 1 aliphatic rings. The van der Waals surface area contributed by atoms with Crippen molar-refractivity contribution in [3.63, 3.8) is 0 Å². The van der Waals surface area contributed by atoms with Crippen LogP contribution in [0.3, 0.4) is 0 Å². The number of rotatable bonds is 4. The molecule has 2 N–H and O–H groups in total. The maximum Gasteiger partial charge on any atom is 0.100 e. The maximum atomic E-state index is 10.3. The van der Waals surface area contributed by atoms with Crippen LogP contribution < -0.4 is 5.32 Å². The van der Waals surface area contributed by atoms with Crippen LogP contribution in [-0.4, -0.2) is 17.3 Å². The SMILES string of the molecule is N#Cc1csc(CNCC2(O)CCCCC2)c1. The lowest BCUT2D eigenvalue weighted by molar-refractivity contribution is 0.00472. The van der Waals surface area contributed by atoms with Gasteiger partial charge in [0.2, 0.25) is 0 Å². The Morgan fingerprint density at radius 2 is 2.18 bits per heavy atom. The first-order chi connectivity index (χ1) is 8.22. The molecule has 0 atom stereocenters. The molecule has 3 nitrogen and oxygen atoms in total. The quantitative estimate of drug-likeness (QED) is 0.862. The van der Waals surface area contributed by atoms with Gasteiger partial charge in [0.1, 0.15) is 6.07 Å². The average Bonchev–Trinajstić information content (AvgIpc) is 2.78. The second-order valence-electron chi connectivity index (χ2n) is 4.80. The van der Waals surface area contributed by atoms with Crippen LogP contribution in [0.5, 0.6) is 0 Å². The van der Waals surface area contributed by atoms with Crippen molar-refractivity contribution in [3.05, 3.63) is 21.9 Å². The molecule has 2 rings (SSSR count). The van der Waals surface area contributed by atoms with Crippen molar-refractivity contribution in [2.24, 2.45) is 0 Å². The molecule has 1 heterocycles. The van der Waals surface area contributed by atoms with Gasteiger partial charge >= 0.3 is 0 Å². The Hall–Kier alpha value is -0.890. The lowest BCUT2D eigenvalue weighted by Crippen LogP contribution is -2.41. The second kappa shape index (κ2) is 5.63. The van der Waals surface area contributed by atoms with E-state index < -0.39 is 5.60 Å². The molecular weight excluding hydrogens is 232 g/mol. The smallest absolute Gasteiger partial charge is 0.100 e. The molecular formula is C13H18N2OS. The van der Waals surface area contributed by atoms with Crippen LogP contribution in [-0.2, 0) is 6.54 Å². The Morgan fingerprint density at radius 3 is 2.82 bits per heavy atom. The molecule has 4 heteroatoms. The molecule has 0 amide bonds. The number of nitriles is 1. The molecule has 0 aromatic carbocycles. The van der Waals surface area contributed by atoms with Gasteiger partial charge in [-0.25, -0.2) is 0 Å². The topological polar surface area (TPSA) is 56.0 Å². The van der Waals surface area contributed by atoms with E-state index in [0.717, 1.165) is 42.7 Å². The predicted molar refractivity (Wildman–Crippen MR) is 68.8 cm³/mol. The molecule has 17 heavy (non-hydrogen) atoms. The third kappa shape index (κ3) is 3.53. The zero-order valence-electron chi connectivity index (χ0n) is 9.91. The summed E-state index contributed by atoms with van der Waals surface area (Å²) in [7, 11) is 0. The fourth-order valence-corrected chi connectivity index (χ4v) is 3.12. The van der Waals surface area contributed by atoms with E-state index in [1.54, 1.807) is 11.3 Å². The summed E-state index contributed by atoms with van der Waals surface area (Å²) in [6, 6.07) is 4.03. The van der Waals surface area contributed by atoms with Gasteiger partial charge in [0.15, 0.2) is 0 Å². The second-order valence-corrected chi connectivity index (χ2v) is 5.80. The van der Waals surface area contributed by atoms with Gasteiger partial charge in [-0.05, 0) is 18.9 Å². The summed E-state index contributed by atoms with van der Waals surface area (Å²) in [5, 5.41) is 24.2. The van der Waals surface area contributed by atoms with Crippen molar-refractivity contribution in [2.75, 3.05) is 6.54 Å². The van der Waals surface area contributed by atoms with Crippen molar-refractivity contribution >= 4 is 11.3 Å². The van der Waals surface area contributed by atoms with E-state index in [-0.39, 0.29) is 0 Å². The fraction of sp³-hybridized carbons (Fsp3) is 0.615. The Bertz CT molecular complexity index is 402. The monoisotopic (exact) mass is 250 g/mol. The zero-order chi connectivity index (χ0) is 12.1. The number of aliphatic hydroxyl groups is 1. The zero-order valence-corrected chi connectivity index (χ0v) is 10.7. The molecule has 0 unspecified atom stereocenters. The Kier molecular flexibility index (Phi) is 4.16. The number of thiophene rings is 1. The van der Waals surface area contributed by atoms with Gasteiger partial charge in [0, 0.05) is 23.3 Å². The van der Waals surface area contributed by atoms with Gasteiger partial charge in [-0.1, -0.05) is 19.3 Å². The third-order valence-corrected chi connectivity index (χ3v) is 4.26.